The molecular weight excluding hydrogens is 369 g/mol. The highest BCUT2D eigenvalue weighted by Crippen LogP contribution is 1.97. The van der Waals surface area contributed by atoms with E-state index in [1.54, 1.807) is 4.68 Å². The van der Waals surface area contributed by atoms with Crippen molar-refractivity contribution >= 4 is 29.9 Å². The Morgan fingerprint density at radius 2 is 2.20 bits per heavy atom. The zero-order chi connectivity index (χ0) is 13.9. The highest BCUT2D eigenvalue weighted by atomic mass is 127. The van der Waals surface area contributed by atoms with E-state index in [9.17, 15) is 0 Å². The normalized spacial score (nSPS) is 11.1. The minimum absolute atomic E-state index is 0. The first-order chi connectivity index (χ1) is 9.26. The molecule has 1 aromatic heterocycles. The molecule has 0 spiro atoms. The first-order valence-corrected chi connectivity index (χ1v) is 6.83. The van der Waals surface area contributed by atoms with Crippen molar-refractivity contribution in [3.63, 3.8) is 0 Å². The third-order valence-corrected chi connectivity index (χ3v) is 2.48. The van der Waals surface area contributed by atoms with Crippen molar-refractivity contribution in [3.05, 3.63) is 18.0 Å². The summed E-state index contributed by atoms with van der Waals surface area (Å²) in [5, 5.41) is 10.6. The molecule has 6 nitrogen and oxygen atoms in total. The Hall–Kier alpha value is -0.830. The van der Waals surface area contributed by atoms with Crippen LogP contribution in [0.3, 0.4) is 0 Å². The lowest BCUT2D eigenvalue weighted by atomic mass is 10.4. The van der Waals surface area contributed by atoms with Gasteiger partial charge in [-0.25, -0.2) is 4.99 Å². The number of aryl methyl sites for hydroxylation is 1. The van der Waals surface area contributed by atoms with E-state index in [0.717, 1.165) is 44.2 Å². The molecule has 0 amide bonds. The monoisotopic (exact) mass is 395 g/mol. The van der Waals surface area contributed by atoms with Gasteiger partial charge in [-0.1, -0.05) is 0 Å². The zero-order valence-corrected chi connectivity index (χ0v) is 14.9. The van der Waals surface area contributed by atoms with Crippen LogP contribution >= 0.6 is 24.0 Å². The van der Waals surface area contributed by atoms with Crippen LogP contribution in [0.2, 0.25) is 0 Å². The molecule has 1 aromatic rings. The Labute approximate surface area is 138 Å². The molecule has 0 atom stereocenters. The van der Waals surface area contributed by atoms with Crippen molar-refractivity contribution in [3.8, 4) is 0 Å². The van der Waals surface area contributed by atoms with Gasteiger partial charge in [-0.05, 0) is 20.3 Å². The van der Waals surface area contributed by atoms with Crippen molar-refractivity contribution < 1.29 is 4.74 Å². The largest absolute Gasteiger partial charge is 0.382 e. The molecule has 116 valence electrons. The van der Waals surface area contributed by atoms with E-state index in [0.29, 0.717) is 6.54 Å². The van der Waals surface area contributed by atoms with Crippen LogP contribution in [0, 0.1) is 0 Å². The number of hydrogen-bond donors (Lipinski definition) is 2. The van der Waals surface area contributed by atoms with Gasteiger partial charge in [0.05, 0.1) is 12.7 Å². The van der Waals surface area contributed by atoms with E-state index in [-0.39, 0.29) is 24.0 Å². The number of ether oxygens (including phenoxy) is 1. The first-order valence-electron chi connectivity index (χ1n) is 6.83. The number of hydrogen-bond acceptors (Lipinski definition) is 3. The van der Waals surface area contributed by atoms with Crippen LogP contribution in [-0.2, 0) is 18.3 Å². The fraction of sp³-hybridized carbons (Fsp3) is 0.692. The summed E-state index contributed by atoms with van der Waals surface area (Å²) in [4.78, 5) is 4.52. The number of aliphatic imine (C=N–C) groups is 1. The number of rotatable bonds is 8. The SMILES string of the molecule is CCNC(=NCc1cnn(C)c1)NCCCOCC.I. The van der Waals surface area contributed by atoms with E-state index in [2.05, 4.69) is 27.6 Å². The summed E-state index contributed by atoms with van der Waals surface area (Å²) in [6.07, 6.45) is 4.79. The van der Waals surface area contributed by atoms with Gasteiger partial charge < -0.3 is 15.4 Å². The number of nitrogens with one attached hydrogen (secondary N) is 2. The van der Waals surface area contributed by atoms with Crippen molar-refractivity contribution in [2.75, 3.05) is 26.3 Å². The van der Waals surface area contributed by atoms with E-state index in [1.807, 2.05) is 26.4 Å². The molecule has 0 saturated carbocycles. The van der Waals surface area contributed by atoms with Crippen LogP contribution in [0.15, 0.2) is 17.4 Å². The summed E-state index contributed by atoms with van der Waals surface area (Å²) in [6, 6.07) is 0. The number of nitrogens with zero attached hydrogens (tertiary/aromatic N) is 3. The van der Waals surface area contributed by atoms with Crippen molar-refractivity contribution in [2.45, 2.75) is 26.8 Å². The molecule has 0 aromatic carbocycles. The summed E-state index contributed by atoms with van der Waals surface area (Å²) in [6.45, 7) is 7.97. The maximum atomic E-state index is 5.30. The average molecular weight is 395 g/mol. The first kappa shape index (κ1) is 19.2. The second-order valence-electron chi connectivity index (χ2n) is 4.19. The molecule has 0 aliphatic rings. The summed E-state index contributed by atoms with van der Waals surface area (Å²) < 4.78 is 7.08. The summed E-state index contributed by atoms with van der Waals surface area (Å²) >= 11 is 0. The standard InChI is InChI=1S/C13H25N5O.HI/c1-4-14-13(15-7-6-8-19-5-2)16-9-12-10-17-18(3)11-12;/h10-11H,4-9H2,1-3H3,(H2,14,15,16);1H. The van der Waals surface area contributed by atoms with Crippen molar-refractivity contribution in [1.82, 2.24) is 20.4 Å². The highest BCUT2D eigenvalue weighted by Gasteiger charge is 1.98. The predicted octanol–water partition coefficient (Wildman–Crippen LogP) is 1.52. The minimum Gasteiger partial charge on any atom is -0.382 e. The second-order valence-corrected chi connectivity index (χ2v) is 4.19. The number of aromatic nitrogens is 2. The van der Waals surface area contributed by atoms with Gasteiger partial charge in [0.1, 0.15) is 0 Å². The van der Waals surface area contributed by atoms with E-state index >= 15 is 0 Å². The fourth-order valence-corrected chi connectivity index (χ4v) is 1.59. The van der Waals surface area contributed by atoms with Crippen LogP contribution in [0.1, 0.15) is 25.8 Å². The molecule has 0 bridgehead atoms. The fourth-order valence-electron chi connectivity index (χ4n) is 1.59. The molecule has 0 unspecified atom stereocenters. The topological polar surface area (TPSA) is 63.5 Å². The van der Waals surface area contributed by atoms with Gasteiger partial charge in [0.15, 0.2) is 5.96 Å². The van der Waals surface area contributed by atoms with Crippen LogP contribution in [0.4, 0.5) is 0 Å². The highest BCUT2D eigenvalue weighted by molar-refractivity contribution is 14.0. The van der Waals surface area contributed by atoms with Gasteiger partial charge in [0, 0.05) is 45.1 Å². The van der Waals surface area contributed by atoms with Gasteiger partial charge in [0.25, 0.3) is 0 Å². The quantitative estimate of drug-likeness (QED) is 0.303. The molecule has 7 heteroatoms. The molecule has 0 aliphatic heterocycles. The molecule has 0 radical (unpaired) electrons. The number of guanidine groups is 1. The summed E-state index contributed by atoms with van der Waals surface area (Å²) in [5.41, 5.74) is 1.11. The van der Waals surface area contributed by atoms with Crippen LogP contribution in [0.5, 0.6) is 0 Å². The van der Waals surface area contributed by atoms with E-state index in [1.165, 1.54) is 0 Å². The van der Waals surface area contributed by atoms with Gasteiger partial charge in [-0.3, -0.25) is 4.68 Å². The lowest BCUT2D eigenvalue weighted by Gasteiger charge is -2.10. The van der Waals surface area contributed by atoms with Gasteiger partial charge in [-0.15, -0.1) is 24.0 Å². The Morgan fingerprint density at radius 1 is 1.40 bits per heavy atom. The van der Waals surface area contributed by atoms with Crippen molar-refractivity contribution in [1.29, 1.82) is 0 Å². The summed E-state index contributed by atoms with van der Waals surface area (Å²) in [5.74, 6) is 0.836. The smallest absolute Gasteiger partial charge is 0.191 e. The maximum absolute atomic E-state index is 5.30. The minimum atomic E-state index is 0. The van der Waals surface area contributed by atoms with Gasteiger partial charge in [-0.2, -0.15) is 5.10 Å². The average Bonchev–Trinajstić information content (AvgIpc) is 2.81. The second kappa shape index (κ2) is 12.0. The summed E-state index contributed by atoms with van der Waals surface area (Å²) in [7, 11) is 1.91. The lowest BCUT2D eigenvalue weighted by molar-refractivity contribution is 0.145. The molecule has 0 fully saturated rings. The van der Waals surface area contributed by atoms with Crippen LogP contribution < -0.4 is 10.6 Å². The van der Waals surface area contributed by atoms with E-state index < -0.39 is 0 Å². The lowest BCUT2D eigenvalue weighted by Crippen LogP contribution is -2.38. The molecule has 1 rings (SSSR count). The maximum Gasteiger partial charge on any atom is 0.191 e. The molecule has 2 N–H and O–H groups in total. The van der Waals surface area contributed by atoms with Gasteiger partial charge in [0.2, 0.25) is 0 Å². The molecule has 20 heavy (non-hydrogen) atoms. The Morgan fingerprint density at radius 3 is 2.80 bits per heavy atom. The van der Waals surface area contributed by atoms with E-state index in [4.69, 9.17) is 4.74 Å². The Bertz CT molecular complexity index is 381. The third-order valence-electron chi connectivity index (χ3n) is 2.48. The molecule has 1 heterocycles. The zero-order valence-electron chi connectivity index (χ0n) is 12.6. The van der Waals surface area contributed by atoms with Gasteiger partial charge >= 0.3 is 0 Å². The number of halogens is 1. The molecule has 0 saturated heterocycles. The third kappa shape index (κ3) is 8.36. The van der Waals surface area contributed by atoms with Crippen LogP contribution in [0.25, 0.3) is 0 Å². The Kier molecular flexibility index (Phi) is 11.5. The Balaban J connectivity index is 0.00000361. The molecular formula is C13H26IN5O. The van der Waals surface area contributed by atoms with Crippen molar-refractivity contribution in [2.24, 2.45) is 12.0 Å². The van der Waals surface area contributed by atoms with Crippen LogP contribution in [-0.4, -0.2) is 42.0 Å². The predicted molar refractivity (Wildman–Crippen MR) is 92.6 cm³/mol. The molecule has 0 aliphatic carbocycles.